The van der Waals surface area contributed by atoms with Crippen LogP contribution in [0.3, 0.4) is 0 Å². The van der Waals surface area contributed by atoms with E-state index in [-0.39, 0.29) is 18.7 Å². The van der Waals surface area contributed by atoms with E-state index in [1.54, 1.807) is 42.8 Å². The third-order valence-corrected chi connectivity index (χ3v) is 4.94. The van der Waals surface area contributed by atoms with Gasteiger partial charge in [0.25, 0.3) is 5.91 Å². The Morgan fingerprint density at radius 3 is 2.38 bits per heavy atom. The Morgan fingerprint density at radius 1 is 1.09 bits per heavy atom. The molecule has 0 unspecified atom stereocenters. The summed E-state index contributed by atoms with van der Waals surface area (Å²) in [5, 5.41) is 4.20. The maximum Gasteiger partial charge on any atom is 0.416 e. The van der Waals surface area contributed by atoms with Crippen molar-refractivity contribution in [3.8, 4) is 5.69 Å². The Bertz CT molecular complexity index is 1120. The molecule has 1 heterocycles. The highest BCUT2D eigenvalue weighted by atomic mass is 19.4. The number of aromatic nitrogens is 2. The van der Waals surface area contributed by atoms with Gasteiger partial charge in [-0.05, 0) is 49.7 Å². The summed E-state index contributed by atoms with van der Waals surface area (Å²) in [6, 6.07) is 11.6. The van der Waals surface area contributed by atoms with Crippen LogP contribution in [0.5, 0.6) is 0 Å². The second-order valence-corrected chi connectivity index (χ2v) is 7.14. The molecule has 3 aromatic rings. The molecule has 3 rings (SSSR count). The number of nitrogens with zero attached hydrogens (tertiary/aromatic N) is 3. The quantitative estimate of drug-likeness (QED) is 0.518. The fraction of sp³-hybridized carbons (Fsp3) is 0.261. The van der Waals surface area contributed by atoms with Crippen molar-refractivity contribution in [1.29, 1.82) is 0 Å². The van der Waals surface area contributed by atoms with E-state index in [1.165, 1.54) is 36.3 Å². The van der Waals surface area contributed by atoms with Crippen molar-refractivity contribution in [2.75, 3.05) is 13.7 Å². The summed E-state index contributed by atoms with van der Waals surface area (Å²) in [4.78, 5) is 26.0. The molecule has 0 N–H and O–H groups in total. The van der Waals surface area contributed by atoms with Gasteiger partial charge in [-0.1, -0.05) is 18.2 Å². The molecule has 1 aromatic heterocycles. The topological polar surface area (TPSA) is 64.4 Å². The van der Waals surface area contributed by atoms with Gasteiger partial charge in [0, 0.05) is 19.2 Å². The van der Waals surface area contributed by atoms with E-state index in [0.29, 0.717) is 22.5 Å². The summed E-state index contributed by atoms with van der Waals surface area (Å²) >= 11 is 0. The Labute approximate surface area is 183 Å². The van der Waals surface area contributed by atoms with Gasteiger partial charge in [-0.25, -0.2) is 9.48 Å². The van der Waals surface area contributed by atoms with Crippen LogP contribution in [0.25, 0.3) is 5.69 Å². The minimum atomic E-state index is -4.49. The fourth-order valence-corrected chi connectivity index (χ4v) is 3.31. The molecule has 32 heavy (non-hydrogen) atoms. The second-order valence-electron chi connectivity index (χ2n) is 7.14. The molecule has 0 aliphatic carbocycles. The van der Waals surface area contributed by atoms with Gasteiger partial charge in [0.1, 0.15) is 5.56 Å². The maximum atomic E-state index is 13.2. The van der Waals surface area contributed by atoms with Gasteiger partial charge in [-0.3, -0.25) is 4.79 Å². The normalized spacial score (nSPS) is 11.3. The smallest absolute Gasteiger partial charge is 0.416 e. The molecule has 0 fully saturated rings. The van der Waals surface area contributed by atoms with Gasteiger partial charge in [0.05, 0.1) is 29.7 Å². The zero-order valence-electron chi connectivity index (χ0n) is 17.8. The van der Waals surface area contributed by atoms with Crippen molar-refractivity contribution in [3.63, 3.8) is 0 Å². The van der Waals surface area contributed by atoms with Crippen LogP contribution in [-0.2, 0) is 17.5 Å². The molecule has 1 amide bonds. The summed E-state index contributed by atoms with van der Waals surface area (Å²) in [6.45, 7) is 3.51. The number of halogens is 3. The molecule has 0 aliphatic rings. The zero-order chi connectivity index (χ0) is 23.5. The molecule has 9 heteroatoms. The monoisotopic (exact) mass is 445 g/mol. The van der Waals surface area contributed by atoms with E-state index < -0.39 is 23.6 Å². The lowest BCUT2D eigenvalue weighted by Gasteiger charge is -2.20. The number of alkyl halides is 3. The number of ether oxygens (including phenoxy) is 1. The summed E-state index contributed by atoms with van der Waals surface area (Å²) in [5.74, 6) is -0.887. The molecule has 2 aromatic carbocycles. The van der Waals surface area contributed by atoms with Crippen LogP contribution in [0.1, 0.15) is 44.5 Å². The predicted molar refractivity (Wildman–Crippen MR) is 111 cm³/mol. The van der Waals surface area contributed by atoms with Gasteiger partial charge >= 0.3 is 12.1 Å². The number of hydrogen-bond acceptors (Lipinski definition) is 4. The van der Waals surface area contributed by atoms with Gasteiger partial charge in [-0.15, -0.1) is 0 Å². The van der Waals surface area contributed by atoms with Crippen LogP contribution in [0.2, 0.25) is 0 Å². The van der Waals surface area contributed by atoms with Gasteiger partial charge < -0.3 is 9.64 Å². The van der Waals surface area contributed by atoms with Crippen molar-refractivity contribution in [3.05, 3.63) is 82.7 Å². The minimum absolute atomic E-state index is 0.0196. The Morgan fingerprint density at radius 2 is 1.75 bits per heavy atom. The molecule has 0 spiro atoms. The van der Waals surface area contributed by atoms with Crippen LogP contribution in [0, 0.1) is 6.92 Å². The molecule has 0 bridgehead atoms. The molecule has 168 valence electrons. The fourth-order valence-electron chi connectivity index (χ4n) is 3.31. The molecule has 0 aliphatic heterocycles. The number of hydrogen-bond donors (Lipinski definition) is 0. The lowest BCUT2D eigenvalue weighted by molar-refractivity contribution is -0.138. The first-order valence-electron chi connectivity index (χ1n) is 9.86. The molecule has 0 saturated carbocycles. The number of carbonyl (C=O) groups excluding carboxylic acids is 2. The number of rotatable bonds is 6. The first-order chi connectivity index (χ1) is 15.1. The van der Waals surface area contributed by atoms with Crippen LogP contribution in [0.4, 0.5) is 13.2 Å². The van der Waals surface area contributed by atoms with Crippen LogP contribution in [0.15, 0.2) is 54.7 Å². The molecule has 6 nitrogen and oxygen atoms in total. The second kappa shape index (κ2) is 9.25. The average Bonchev–Trinajstić information content (AvgIpc) is 3.14. The maximum absolute atomic E-state index is 13.2. The molecule has 0 radical (unpaired) electrons. The first-order valence-corrected chi connectivity index (χ1v) is 9.86. The van der Waals surface area contributed by atoms with Gasteiger partial charge in [-0.2, -0.15) is 18.3 Å². The number of carbonyl (C=O) groups is 2. The average molecular weight is 445 g/mol. The Balaban J connectivity index is 1.77. The van der Waals surface area contributed by atoms with Crippen LogP contribution < -0.4 is 0 Å². The van der Waals surface area contributed by atoms with Crippen molar-refractivity contribution in [2.45, 2.75) is 26.6 Å². The lowest BCUT2D eigenvalue weighted by atomic mass is 10.1. The minimum Gasteiger partial charge on any atom is -0.462 e. The lowest BCUT2D eigenvalue weighted by Crippen LogP contribution is -2.27. The molecule has 0 saturated heterocycles. The highest BCUT2D eigenvalue weighted by Gasteiger charge is 2.33. The van der Waals surface area contributed by atoms with Crippen molar-refractivity contribution >= 4 is 11.9 Å². The first kappa shape index (κ1) is 23.1. The molecular weight excluding hydrogens is 423 g/mol. The van der Waals surface area contributed by atoms with E-state index in [9.17, 15) is 22.8 Å². The summed E-state index contributed by atoms with van der Waals surface area (Å²) in [5.41, 5.74) is 1.13. The third-order valence-electron chi connectivity index (χ3n) is 4.94. The largest absolute Gasteiger partial charge is 0.462 e. The van der Waals surface area contributed by atoms with Crippen molar-refractivity contribution in [1.82, 2.24) is 14.7 Å². The van der Waals surface area contributed by atoms with Crippen LogP contribution >= 0.6 is 0 Å². The number of esters is 1. The van der Waals surface area contributed by atoms with Gasteiger partial charge in [0.15, 0.2) is 0 Å². The summed E-state index contributed by atoms with van der Waals surface area (Å²) in [7, 11) is 1.45. The molecular formula is C23H22F3N3O3. The summed E-state index contributed by atoms with van der Waals surface area (Å²) in [6.07, 6.45) is -3.08. The van der Waals surface area contributed by atoms with Crippen molar-refractivity contribution < 1.29 is 27.5 Å². The Kier molecular flexibility index (Phi) is 6.67. The third kappa shape index (κ3) is 4.82. The zero-order valence-corrected chi connectivity index (χ0v) is 17.8. The molecule has 0 atom stereocenters. The highest BCUT2D eigenvalue weighted by molar-refractivity contribution is 5.94. The van der Waals surface area contributed by atoms with E-state index in [4.69, 9.17) is 4.74 Å². The number of benzene rings is 2. The van der Waals surface area contributed by atoms with Crippen molar-refractivity contribution in [2.24, 2.45) is 0 Å². The van der Waals surface area contributed by atoms with E-state index in [1.807, 2.05) is 0 Å². The Hall–Kier alpha value is -3.62. The summed E-state index contributed by atoms with van der Waals surface area (Å²) < 4.78 is 46.2. The van der Waals surface area contributed by atoms with E-state index in [2.05, 4.69) is 5.10 Å². The number of amides is 1. The van der Waals surface area contributed by atoms with Gasteiger partial charge in [0.2, 0.25) is 0 Å². The van der Waals surface area contributed by atoms with Crippen LogP contribution in [-0.4, -0.2) is 40.2 Å². The predicted octanol–water partition coefficient (Wildman–Crippen LogP) is 4.65. The van der Waals surface area contributed by atoms with E-state index in [0.717, 1.165) is 6.07 Å². The standard InChI is InChI=1S/C23H22F3N3O3/c1-4-32-22(31)19-13-27-29(15(19)2)18-11-9-16(10-12-18)21(30)28(3)14-17-7-5-6-8-20(17)23(24,25)26/h5-13H,4,14H2,1-3H3. The SMILES string of the molecule is CCOC(=O)c1cnn(-c2ccc(C(=O)N(C)Cc3ccccc3C(F)(F)F)cc2)c1C. The van der Waals surface area contributed by atoms with E-state index >= 15 is 0 Å². The highest BCUT2D eigenvalue weighted by Crippen LogP contribution is 2.32.